The molecule has 1 N–H and O–H groups in total. The number of nitrogens with one attached hydrogen (secondary N) is 1. The maximum atomic E-state index is 12.8. The SMILES string of the molecule is COc1cc(C(=O)OCC(=O)c2c(C)[nH]c3ccccc23)ccc1OCc1c(C)noc1C. The number of hydrogen-bond acceptors (Lipinski definition) is 7. The second-order valence-corrected chi connectivity index (χ2v) is 7.63. The summed E-state index contributed by atoms with van der Waals surface area (Å²) in [4.78, 5) is 28.5. The Hall–Kier alpha value is -4.07. The molecule has 2 aromatic heterocycles. The topological polar surface area (TPSA) is 104 Å². The van der Waals surface area contributed by atoms with Gasteiger partial charge in [-0.25, -0.2) is 4.79 Å². The number of ketones is 1. The minimum absolute atomic E-state index is 0.250. The molecule has 170 valence electrons. The summed E-state index contributed by atoms with van der Waals surface area (Å²) in [5.41, 5.74) is 3.98. The molecule has 4 aromatic rings. The number of aryl methyl sites for hydroxylation is 3. The summed E-state index contributed by atoms with van der Waals surface area (Å²) >= 11 is 0. The summed E-state index contributed by atoms with van der Waals surface area (Å²) in [6.07, 6.45) is 0. The molecule has 0 unspecified atom stereocenters. The molecule has 8 heteroatoms. The molecule has 0 saturated heterocycles. The molecule has 0 atom stereocenters. The van der Waals surface area contributed by atoms with Crippen molar-refractivity contribution in [3.8, 4) is 11.5 Å². The molecule has 0 aliphatic carbocycles. The Kier molecular flexibility index (Phi) is 6.17. The fourth-order valence-corrected chi connectivity index (χ4v) is 3.69. The van der Waals surface area contributed by atoms with Crippen molar-refractivity contribution < 1.29 is 28.3 Å². The van der Waals surface area contributed by atoms with Crippen LogP contribution in [0.5, 0.6) is 11.5 Å². The number of carbonyl (C=O) groups excluding carboxylic acids is 2. The van der Waals surface area contributed by atoms with E-state index in [1.165, 1.54) is 13.2 Å². The van der Waals surface area contributed by atoms with Gasteiger partial charge in [0.25, 0.3) is 0 Å². The van der Waals surface area contributed by atoms with Crippen LogP contribution < -0.4 is 9.47 Å². The summed E-state index contributed by atoms with van der Waals surface area (Å²) in [5.74, 6) is 0.609. The van der Waals surface area contributed by atoms with Gasteiger partial charge in [-0.1, -0.05) is 23.4 Å². The van der Waals surface area contributed by atoms with Crippen LogP contribution >= 0.6 is 0 Å². The first kappa shape index (κ1) is 22.1. The van der Waals surface area contributed by atoms with E-state index in [0.717, 1.165) is 27.9 Å². The maximum Gasteiger partial charge on any atom is 0.338 e. The van der Waals surface area contributed by atoms with Gasteiger partial charge < -0.3 is 23.7 Å². The van der Waals surface area contributed by atoms with Gasteiger partial charge in [0, 0.05) is 22.2 Å². The van der Waals surface area contributed by atoms with Crippen LogP contribution in [0.25, 0.3) is 10.9 Å². The van der Waals surface area contributed by atoms with E-state index >= 15 is 0 Å². The van der Waals surface area contributed by atoms with Gasteiger partial charge in [0.15, 0.2) is 18.1 Å². The second-order valence-electron chi connectivity index (χ2n) is 7.63. The van der Waals surface area contributed by atoms with Crippen LogP contribution in [-0.2, 0) is 11.3 Å². The van der Waals surface area contributed by atoms with Crippen molar-refractivity contribution in [3.05, 3.63) is 76.3 Å². The molecule has 0 saturated carbocycles. The normalized spacial score (nSPS) is 10.9. The highest BCUT2D eigenvalue weighted by Crippen LogP contribution is 2.30. The van der Waals surface area contributed by atoms with Crippen LogP contribution in [-0.4, -0.2) is 35.6 Å². The van der Waals surface area contributed by atoms with Gasteiger partial charge in [-0.3, -0.25) is 4.79 Å². The van der Waals surface area contributed by atoms with Crippen LogP contribution in [0.15, 0.2) is 47.0 Å². The largest absolute Gasteiger partial charge is 0.493 e. The molecule has 0 bridgehead atoms. The fraction of sp³-hybridized carbons (Fsp3) is 0.240. The second kappa shape index (κ2) is 9.20. The Balaban J connectivity index is 1.43. The number of fused-ring (bicyclic) bond motifs is 1. The lowest BCUT2D eigenvalue weighted by atomic mass is 10.1. The summed E-state index contributed by atoms with van der Waals surface area (Å²) in [6.45, 7) is 5.36. The minimum atomic E-state index is -0.628. The van der Waals surface area contributed by atoms with Gasteiger partial charge in [0.2, 0.25) is 5.78 Å². The van der Waals surface area contributed by atoms with Gasteiger partial charge in [-0.2, -0.15) is 0 Å². The predicted molar refractivity (Wildman–Crippen MR) is 121 cm³/mol. The quantitative estimate of drug-likeness (QED) is 0.308. The zero-order chi connectivity index (χ0) is 23.5. The molecule has 2 aromatic carbocycles. The first-order valence-electron chi connectivity index (χ1n) is 10.4. The van der Waals surface area contributed by atoms with Gasteiger partial charge in [0.1, 0.15) is 12.4 Å². The molecule has 0 aliphatic rings. The number of methoxy groups -OCH3 is 1. The Morgan fingerprint density at radius 3 is 2.58 bits per heavy atom. The zero-order valence-electron chi connectivity index (χ0n) is 18.9. The summed E-state index contributed by atoms with van der Waals surface area (Å²) in [6, 6.07) is 12.2. The van der Waals surface area contributed by atoms with Gasteiger partial charge in [0.05, 0.1) is 23.9 Å². The Bertz CT molecular complexity index is 1310. The van der Waals surface area contributed by atoms with E-state index in [1.54, 1.807) is 12.1 Å². The van der Waals surface area contributed by atoms with E-state index in [-0.39, 0.29) is 24.6 Å². The zero-order valence-corrected chi connectivity index (χ0v) is 18.9. The highest BCUT2D eigenvalue weighted by Gasteiger charge is 2.19. The van der Waals surface area contributed by atoms with Crippen molar-refractivity contribution >= 4 is 22.7 Å². The highest BCUT2D eigenvalue weighted by atomic mass is 16.5. The van der Waals surface area contributed by atoms with E-state index < -0.39 is 5.97 Å². The molecule has 0 fully saturated rings. The smallest absolute Gasteiger partial charge is 0.338 e. The van der Waals surface area contributed by atoms with E-state index in [2.05, 4.69) is 10.1 Å². The lowest BCUT2D eigenvalue weighted by Gasteiger charge is -2.12. The van der Waals surface area contributed by atoms with Crippen LogP contribution in [0.2, 0.25) is 0 Å². The van der Waals surface area contributed by atoms with Crippen LogP contribution in [0.4, 0.5) is 0 Å². The molecule has 0 radical (unpaired) electrons. The molecular formula is C25H24N2O6. The number of carbonyl (C=O) groups is 2. The lowest BCUT2D eigenvalue weighted by molar-refractivity contribution is 0.0474. The number of Topliss-reactive ketones (excluding diaryl/α,β-unsaturated/α-hetero) is 1. The average Bonchev–Trinajstić information content (AvgIpc) is 3.33. The van der Waals surface area contributed by atoms with E-state index in [1.807, 2.05) is 45.0 Å². The Morgan fingerprint density at radius 1 is 1.06 bits per heavy atom. The number of rotatable bonds is 8. The van der Waals surface area contributed by atoms with Gasteiger partial charge in [-0.15, -0.1) is 0 Å². The van der Waals surface area contributed by atoms with Crippen LogP contribution in [0.1, 0.15) is 43.4 Å². The van der Waals surface area contributed by atoms with Crippen LogP contribution in [0, 0.1) is 20.8 Å². The number of H-pyrrole nitrogens is 1. The molecule has 33 heavy (non-hydrogen) atoms. The molecule has 4 rings (SSSR count). The third-order valence-corrected chi connectivity index (χ3v) is 5.46. The molecule has 8 nitrogen and oxygen atoms in total. The molecule has 0 spiro atoms. The summed E-state index contributed by atoms with van der Waals surface area (Å²) in [5, 5.41) is 4.71. The molecule has 0 aliphatic heterocycles. The van der Waals surface area contributed by atoms with Crippen molar-refractivity contribution in [2.45, 2.75) is 27.4 Å². The Morgan fingerprint density at radius 2 is 1.85 bits per heavy atom. The predicted octanol–water partition coefficient (Wildman–Crippen LogP) is 4.71. The first-order chi connectivity index (χ1) is 15.9. The lowest BCUT2D eigenvalue weighted by Crippen LogP contribution is -2.15. The standard InChI is InChI=1S/C25H24N2O6/c1-14-19(16(3)33-27-14)12-31-22-10-9-17(11-23(22)30-4)25(29)32-13-21(28)24-15(2)26-20-8-6-5-7-18(20)24/h5-11,26H,12-13H2,1-4H3. The number of para-hydroxylation sites is 1. The number of benzene rings is 2. The Labute approximate surface area is 190 Å². The number of hydrogen-bond donors (Lipinski definition) is 1. The molecule has 0 amide bonds. The van der Waals surface area contributed by atoms with Crippen molar-refractivity contribution in [3.63, 3.8) is 0 Å². The molecular weight excluding hydrogens is 424 g/mol. The molecule has 2 heterocycles. The monoisotopic (exact) mass is 448 g/mol. The third-order valence-electron chi connectivity index (χ3n) is 5.46. The number of esters is 1. The number of ether oxygens (including phenoxy) is 3. The highest BCUT2D eigenvalue weighted by molar-refractivity contribution is 6.10. The van der Waals surface area contributed by atoms with Gasteiger partial charge in [-0.05, 0) is 45.0 Å². The van der Waals surface area contributed by atoms with Crippen molar-refractivity contribution in [2.75, 3.05) is 13.7 Å². The number of aromatic amines is 1. The maximum absolute atomic E-state index is 12.8. The van der Waals surface area contributed by atoms with E-state index in [0.29, 0.717) is 22.8 Å². The fourth-order valence-electron chi connectivity index (χ4n) is 3.69. The number of nitrogens with zero attached hydrogens (tertiary/aromatic N) is 1. The van der Waals surface area contributed by atoms with Crippen molar-refractivity contribution in [1.29, 1.82) is 0 Å². The summed E-state index contributed by atoms with van der Waals surface area (Å²) in [7, 11) is 1.48. The van der Waals surface area contributed by atoms with Crippen LogP contribution in [0.3, 0.4) is 0 Å². The number of aromatic nitrogens is 2. The summed E-state index contributed by atoms with van der Waals surface area (Å²) < 4.78 is 21.6. The third kappa shape index (κ3) is 4.45. The first-order valence-corrected chi connectivity index (χ1v) is 10.4. The van der Waals surface area contributed by atoms with Gasteiger partial charge >= 0.3 is 5.97 Å². The van der Waals surface area contributed by atoms with Crippen molar-refractivity contribution in [2.24, 2.45) is 0 Å². The van der Waals surface area contributed by atoms with E-state index in [4.69, 9.17) is 18.7 Å². The van der Waals surface area contributed by atoms with Crippen molar-refractivity contribution in [1.82, 2.24) is 10.1 Å². The average molecular weight is 448 g/mol. The van der Waals surface area contributed by atoms with E-state index in [9.17, 15) is 9.59 Å². The minimum Gasteiger partial charge on any atom is -0.493 e.